The number of aliphatic carboxylic acids is 1. The van der Waals surface area contributed by atoms with Crippen molar-refractivity contribution in [2.45, 2.75) is 24.8 Å². The molecule has 20 heavy (non-hydrogen) atoms. The number of fused-ring (bicyclic) bond motifs is 1. The Hall–Kier alpha value is -2.22. The van der Waals surface area contributed by atoms with Gasteiger partial charge in [0.15, 0.2) is 4.96 Å². The van der Waals surface area contributed by atoms with Gasteiger partial charge in [-0.3, -0.25) is 14.0 Å². The number of hydrogen-bond acceptors (Lipinski definition) is 5. The molecular weight excluding hydrogens is 282 g/mol. The highest BCUT2D eigenvalue weighted by Crippen LogP contribution is 2.32. The minimum atomic E-state index is -1.24. The molecule has 0 aliphatic heterocycles. The van der Waals surface area contributed by atoms with Crippen LogP contribution in [-0.4, -0.2) is 31.9 Å². The van der Waals surface area contributed by atoms with Crippen LogP contribution in [0.15, 0.2) is 22.6 Å². The van der Waals surface area contributed by atoms with Crippen molar-refractivity contribution in [1.29, 1.82) is 0 Å². The fourth-order valence-electron chi connectivity index (χ4n) is 2.19. The van der Waals surface area contributed by atoms with Crippen molar-refractivity contribution in [3.63, 3.8) is 0 Å². The quantitative estimate of drug-likeness (QED) is 0.858. The van der Waals surface area contributed by atoms with Gasteiger partial charge in [-0.25, -0.2) is 9.78 Å². The maximum Gasteiger partial charge on any atom is 0.329 e. The fraction of sp³-hybridized carbons (Fsp3) is 0.333. The largest absolute Gasteiger partial charge is 0.480 e. The van der Waals surface area contributed by atoms with Gasteiger partial charge in [0, 0.05) is 17.8 Å². The topological polar surface area (TPSA) is 101 Å². The number of carboxylic acids is 1. The number of carbonyl (C=O) groups excluding carboxylic acids is 1. The molecule has 1 aliphatic rings. The van der Waals surface area contributed by atoms with Crippen molar-refractivity contribution in [2.75, 3.05) is 0 Å². The van der Waals surface area contributed by atoms with Crippen LogP contribution in [-0.2, 0) is 4.79 Å². The van der Waals surface area contributed by atoms with Gasteiger partial charge in [0.25, 0.3) is 11.5 Å². The fourth-order valence-corrected chi connectivity index (χ4v) is 2.86. The number of hydrogen-bond donors (Lipinski definition) is 2. The molecule has 8 heteroatoms. The van der Waals surface area contributed by atoms with E-state index in [4.69, 9.17) is 0 Å². The van der Waals surface area contributed by atoms with Crippen LogP contribution in [0.2, 0.25) is 0 Å². The van der Waals surface area contributed by atoms with Crippen molar-refractivity contribution in [3.8, 4) is 0 Å². The molecule has 2 heterocycles. The average Bonchev–Trinajstić information content (AvgIpc) is 2.82. The zero-order valence-corrected chi connectivity index (χ0v) is 11.1. The monoisotopic (exact) mass is 293 g/mol. The van der Waals surface area contributed by atoms with Crippen LogP contribution >= 0.6 is 11.3 Å². The van der Waals surface area contributed by atoms with E-state index in [0.717, 1.165) is 6.42 Å². The summed E-state index contributed by atoms with van der Waals surface area (Å²) in [5, 5.41) is 13.3. The summed E-state index contributed by atoms with van der Waals surface area (Å²) in [7, 11) is 0. The molecule has 0 saturated heterocycles. The second-order valence-electron chi connectivity index (χ2n) is 4.73. The smallest absolute Gasteiger partial charge is 0.329 e. The van der Waals surface area contributed by atoms with Gasteiger partial charge in [-0.2, -0.15) is 0 Å². The van der Waals surface area contributed by atoms with E-state index in [1.807, 2.05) is 0 Å². The lowest BCUT2D eigenvalue weighted by Crippen LogP contribution is -2.59. The molecule has 1 amide bonds. The van der Waals surface area contributed by atoms with E-state index in [1.165, 1.54) is 28.1 Å². The number of nitrogens with zero attached hydrogens (tertiary/aromatic N) is 2. The van der Waals surface area contributed by atoms with E-state index in [9.17, 15) is 19.5 Å². The molecule has 2 aromatic heterocycles. The summed E-state index contributed by atoms with van der Waals surface area (Å²) in [6.07, 6.45) is 4.22. The van der Waals surface area contributed by atoms with E-state index < -0.39 is 23.0 Å². The summed E-state index contributed by atoms with van der Waals surface area (Å²) < 4.78 is 1.27. The van der Waals surface area contributed by atoms with Gasteiger partial charge in [-0.1, -0.05) is 0 Å². The second kappa shape index (κ2) is 4.41. The van der Waals surface area contributed by atoms with Gasteiger partial charge in [-0.15, -0.1) is 11.3 Å². The summed E-state index contributed by atoms with van der Waals surface area (Å²) in [6.45, 7) is 0. The summed E-state index contributed by atoms with van der Waals surface area (Å²) in [6, 6.07) is 0. The Morgan fingerprint density at radius 3 is 2.80 bits per heavy atom. The lowest BCUT2D eigenvalue weighted by Gasteiger charge is -2.38. The Morgan fingerprint density at radius 2 is 2.20 bits per heavy atom. The first-order valence-corrected chi connectivity index (χ1v) is 6.92. The van der Waals surface area contributed by atoms with E-state index >= 15 is 0 Å². The first-order valence-electron chi connectivity index (χ1n) is 6.04. The molecule has 2 N–H and O–H groups in total. The minimum absolute atomic E-state index is 0.145. The van der Waals surface area contributed by atoms with Gasteiger partial charge in [0.05, 0.1) is 0 Å². The molecule has 1 fully saturated rings. The molecule has 7 nitrogen and oxygen atoms in total. The number of rotatable bonds is 3. The third kappa shape index (κ3) is 1.80. The number of thiazole rings is 1. The van der Waals surface area contributed by atoms with Gasteiger partial charge in [0.1, 0.15) is 11.1 Å². The normalized spacial score (nSPS) is 16.6. The molecule has 3 rings (SSSR count). The van der Waals surface area contributed by atoms with Crippen molar-refractivity contribution in [2.24, 2.45) is 0 Å². The van der Waals surface area contributed by atoms with Crippen molar-refractivity contribution in [3.05, 3.63) is 33.7 Å². The zero-order valence-electron chi connectivity index (χ0n) is 10.3. The van der Waals surface area contributed by atoms with Crippen LogP contribution in [0.4, 0.5) is 0 Å². The molecule has 1 aliphatic carbocycles. The zero-order chi connectivity index (χ0) is 14.3. The van der Waals surface area contributed by atoms with Gasteiger partial charge in [0.2, 0.25) is 0 Å². The maximum absolute atomic E-state index is 12.1. The molecular formula is C12H11N3O4S. The summed E-state index contributed by atoms with van der Waals surface area (Å²) in [5.74, 6) is -1.76. The van der Waals surface area contributed by atoms with Crippen LogP contribution in [0.25, 0.3) is 4.96 Å². The molecule has 1 saturated carbocycles. The number of nitrogens with one attached hydrogen (secondary N) is 1. The predicted octanol–water partition coefficient (Wildman–Crippen LogP) is 0.493. The Balaban J connectivity index is 1.95. The Labute approximate surface area is 116 Å². The molecule has 2 aromatic rings. The molecule has 104 valence electrons. The minimum Gasteiger partial charge on any atom is -0.480 e. The van der Waals surface area contributed by atoms with Gasteiger partial charge < -0.3 is 10.4 Å². The lowest BCUT2D eigenvalue weighted by molar-refractivity contribution is -0.148. The number of amides is 1. The third-order valence-electron chi connectivity index (χ3n) is 3.56. The van der Waals surface area contributed by atoms with E-state index in [0.29, 0.717) is 17.8 Å². The number of carboxylic acid groups (broad SMARTS) is 1. The number of aromatic nitrogens is 2. The van der Waals surface area contributed by atoms with E-state index in [1.54, 1.807) is 5.38 Å². The van der Waals surface area contributed by atoms with Crippen LogP contribution < -0.4 is 10.9 Å². The van der Waals surface area contributed by atoms with Crippen LogP contribution in [0.5, 0.6) is 0 Å². The van der Waals surface area contributed by atoms with Gasteiger partial charge >= 0.3 is 5.97 Å². The van der Waals surface area contributed by atoms with E-state index in [2.05, 4.69) is 10.3 Å². The highest BCUT2D eigenvalue weighted by atomic mass is 32.1. The molecule has 0 atom stereocenters. The highest BCUT2D eigenvalue weighted by Gasteiger charge is 2.46. The second-order valence-corrected chi connectivity index (χ2v) is 5.60. The summed E-state index contributed by atoms with van der Waals surface area (Å²) in [5.41, 5.74) is -1.88. The Morgan fingerprint density at radius 1 is 1.45 bits per heavy atom. The summed E-state index contributed by atoms with van der Waals surface area (Å²) in [4.78, 5) is 40.0. The first-order chi connectivity index (χ1) is 9.53. The highest BCUT2D eigenvalue weighted by molar-refractivity contribution is 7.15. The predicted molar refractivity (Wildman–Crippen MR) is 71.0 cm³/mol. The molecule has 0 bridgehead atoms. The maximum atomic E-state index is 12.1. The first kappa shape index (κ1) is 12.8. The van der Waals surface area contributed by atoms with Crippen LogP contribution in [0.1, 0.15) is 29.6 Å². The van der Waals surface area contributed by atoms with Crippen molar-refractivity contribution >= 4 is 28.2 Å². The third-order valence-corrected chi connectivity index (χ3v) is 4.33. The van der Waals surface area contributed by atoms with Crippen molar-refractivity contribution < 1.29 is 14.7 Å². The summed E-state index contributed by atoms with van der Waals surface area (Å²) >= 11 is 1.28. The molecule has 0 radical (unpaired) electrons. The SMILES string of the molecule is O=C(NC1(C(=O)O)CCC1)c1cnc2sccn2c1=O. The molecule has 0 unspecified atom stereocenters. The Kier molecular flexibility index (Phi) is 2.82. The number of carbonyl (C=O) groups is 2. The molecule has 0 aromatic carbocycles. The van der Waals surface area contributed by atoms with Crippen LogP contribution in [0.3, 0.4) is 0 Å². The average molecular weight is 293 g/mol. The molecule has 0 spiro atoms. The standard InChI is InChI=1S/C12H11N3O4S/c16-8(14-12(10(18)19)2-1-3-12)7-6-13-11-15(9(7)17)4-5-20-11/h4-6H,1-3H2,(H,14,16)(H,18,19). The van der Waals surface area contributed by atoms with Crippen LogP contribution in [0, 0.1) is 0 Å². The lowest BCUT2D eigenvalue weighted by atomic mass is 9.76. The van der Waals surface area contributed by atoms with Crippen molar-refractivity contribution in [1.82, 2.24) is 14.7 Å². The van der Waals surface area contributed by atoms with E-state index in [-0.39, 0.29) is 5.56 Å². The Bertz CT molecular complexity index is 759. The van der Waals surface area contributed by atoms with Gasteiger partial charge in [-0.05, 0) is 19.3 Å².